The van der Waals surface area contributed by atoms with Crippen molar-refractivity contribution >= 4 is 17.5 Å². The minimum atomic E-state index is -0.245. The minimum Gasteiger partial charge on any atom is -0.333 e. The van der Waals surface area contributed by atoms with E-state index in [-0.39, 0.29) is 18.4 Å². The third kappa shape index (κ3) is 5.11. The van der Waals surface area contributed by atoms with Crippen LogP contribution in [0.15, 0.2) is 24.3 Å². The van der Waals surface area contributed by atoms with Crippen LogP contribution < -0.4 is 5.32 Å². The smallest absolute Gasteiger partial charge is 0.243 e. The number of amides is 2. The molecule has 1 aromatic rings. The van der Waals surface area contributed by atoms with E-state index in [4.69, 9.17) is 5.26 Å². The fourth-order valence-corrected chi connectivity index (χ4v) is 1.75. The highest BCUT2D eigenvalue weighted by atomic mass is 16.2. The third-order valence-corrected chi connectivity index (χ3v) is 2.66. The fraction of sp³-hybridized carbons (Fsp3) is 0.400. The number of hydrogen-bond donors (Lipinski definition) is 1. The van der Waals surface area contributed by atoms with Gasteiger partial charge in [0.2, 0.25) is 11.8 Å². The summed E-state index contributed by atoms with van der Waals surface area (Å²) in [6.07, 6.45) is 0. The van der Waals surface area contributed by atoms with E-state index in [1.54, 1.807) is 24.3 Å². The summed E-state index contributed by atoms with van der Waals surface area (Å²) in [6.45, 7) is 6.03. The molecule has 106 valence electrons. The summed E-state index contributed by atoms with van der Waals surface area (Å²) >= 11 is 0. The molecule has 0 fully saturated rings. The van der Waals surface area contributed by atoms with Crippen LogP contribution in [0, 0.1) is 17.2 Å². The molecule has 0 saturated carbocycles. The molecule has 0 radical (unpaired) electrons. The van der Waals surface area contributed by atoms with Gasteiger partial charge >= 0.3 is 0 Å². The summed E-state index contributed by atoms with van der Waals surface area (Å²) in [6, 6.07) is 8.60. The first-order chi connectivity index (χ1) is 9.42. The van der Waals surface area contributed by atoms with Crippen molar-refractivity contribution in [2.75, 3.05) is 18.4 Å². The Morgan fingerprint density at radius 2 is 1.90 bits per heavy atom. The van der Waals surface area contributed by atoms with Gasteiger partial charge in [0.15, 0.2) is 0 Å². The first kappa shape index (κ1) is 15.7. The predicted octanol–water partition coefficient (Wildman–Crippen LogP) is 2.00. The van der Waals surface area contributed by atoms with Crippen LogP contribution in [0.25, 0.3) is 0 Å². The molecule has 5 nitrogen and oxygen atoms in total. The zero-order valence-electron chi connectivity index (χ0n) is 12.0. The quantitative estimate of drug-likeness (QED) is 0.891. The molecule has 20 heavy (non-hydrogen) atoms. The number of carbonyl (C=O) groups is 2. The van der Waals surface area contributed by atoms with E-state index in [9.17, 15) is 9.59 Å². The van der Waals surface area contributed by atoms with Crippen molar-refractivity contribution in [2.24, 2.45) is 5.92 Å². The summed E-state index contributed by atoms with van der Waals surface area (Å²) < 4.78 is 0. The maximum atomic E-state index is 11.9. The number of anilines is 1. The van der Waals surface area contributed by atoms with Crippen molar-refractivity contribution < 1.29 is 9.59 Å². The van der Waals surface area contributed by atoms with E-state index in [1.165, 1.54) is 11.8 Å². The molecule has 1 aromatic carbocycles. The molecule has 1 rings (SSSR count). The van der Waals surface area contributed by atoms with Crippen molar-refractivity contribution in [3.05, 3.63) is 29.8 Å². The SMILES string of the molecule is CC(=O)N(CC(=O)Nc1ccc(C#N)cc1)CC(C)C. The number of nitriles is 1. The van der Waals surface area contributed by atoms with Gasteiger partial charge in [0.05, 0.1) is 18.2 Å². The van der Waals surface area contributed by atoms with Gasteiger partial charge in [-0.15, -0.1) is 0 Å². The number of rotatable bonds is 5. The number of benzene rings is 1. The Hall–Kier alpha value is -2.35. The lowest BCUT2D eigenvalue weighted by Gasteiger charge is -2.22. The zero-order chi connectivity index (χ0) is 15.1. The second kappa shape index (κ2) is 7.29. The average Bonchev–Trinajstić information content (AvgIpc) is 2.38. The molecular weight excluding hydrogens is 254 g/mol. The van der Waals surface area contributed by atoms with Crippen molar-refractivity contribution in [3.63, 3.8) is 0 Å². The minimum absolute atomic E-state index is 0.0352. The van der Waals surface area contributed by atoms with Crippen LogP contribution in [-0.2, 0) is 9.59 Å². The van der Waals surface area contributed by atoms with Gasteiger partial charge in [-0.2, -0.15) is 5.26 Å². The highest BCUT2D eigenvalue weighted by Crippen LogP contribution is 2.09. The molecule has 0 bridgehead atoms. The van der Waals surface area contributed by atoms with Gasteiger partial charge < -0.3 is 10.2 Å². The van der Waals surface area contributed by atoms with Gasteiger partial charge in [-0.3, -0.25) is 9.59 Å². The Bertz CT molecular complexity index is 515. The molecule has 0 aromatic heterocycles. The highest BCUT2D eigenvalue weighted by molar-refractivity contribution is 5.94. The van der Waals surface area contributed by atoms with E-state index in [1.807, 2.05) is 19.9 Å². The zero-order valence-corrected chi connectivity index (χ0v) is 12.0. The molecular formula is C15H19N3O2. The molecule has 2 amide bonds. The normalized spacial score (nSPS) is 9.95. The largest absolute Gasteiger partial charge is 0.333 e. The first-order valence-corrected chi connectivity index (χ1v) is 6.48. The van der Waals surface area contributed by atoms with Crippen LogP contribution in [0.4, 0.5) is 5.69 Å². The van der Waals surface area contributed by atoms with Crippen LogP contribution >= 0.6 is 0 Å². The second-order valence-electron chi connectivity index (χ2n) is 5.03. The summed E-state index contributed by atoms with van der Waals surface area (Å²) in [5.41, 5.74) is 1.15. The molecule has 5 heteroatoms. The lowest BCUT2D eigenvalue weighted by molar-refractivity contribution is -0.133. The standard InChI is InChI=1S/C15H19N3O2/c1-11(2)9-18(12(3)19)10-15(20)17-14-6-4-13(8-16)5-7-14/h4-7,11H,9-10H2,1-3H3,(H,17,20). The van der Waals surface area contributed by atoms with Crippen molar-refractivity contribution in [1.82, 2.24) is 4.90 Å². The Morgan fingerprint density at radius 3 is 2.35 bits per heavy atom. The molecule has 0 aliphatic heterocycles. The Kier molecular flexibility index (Phi) is 5.73. The Morgan fingerprint density at radius 1 is 1.30 bits per heavy atom. The lowest BCUT2D eigenvalue weighted by atomic mass is 10.2. The number of nitrogens with zero attached hydrogens (tertiary/aromatic N) is 2. The molecule has 0 aliphatic carbocycles. The highest BCUT2D eigenvalue weighted by Gasteiger charge is 2.14. The number of carbonyl (C=O) groups excluding carboxylic acids is 2. The van der Waals surface area contributed by atoms with Gasteiger partial charge in [0.25, 0.3) is 0 Å². The molecule has 1 N–H and O–H groups in total. The summed E-state index contributed by atoms with van der Waals surface area (Å²) in [5.74, 6) is -0.0548. The van der Waals surface area contributed by atoms with Crippen LogP contribution in [0.3, 0.4) is 0 Å². The van der Waals surface area contributed by atoms with Gasteiger partial charge in [0.1, 0.15) is 0 Å². The molecule has 0 saturated heterocycles. The van der Waals surface area contributed by atoms with Crippen molar-refractivity contribution in [1.29, 1.82) is 5.26 Å². The van der Waals surface area contributed by atoms with Gasteiger partial charge in [-0.25, -0.2) is 0 Å². The fourth-order valence-electron chi connectivity index (χ4n) is 1.75. The average molecular weight is 273 g/mol. The topological polar surface area (TPSA) is 73.2 Å². The summed E-state index contributed by atoms with van der Waals surface area (Å²) in [4.78, 5) is 24.9. The van der Waals surface area contributed by atoms with Crippen LogP contribution in [-0.4, -0.2) is 29.8 Å². The first-order valence-electron chi connectivity index (χ1n) is 6.48. The van der Waals surface area contributed by atoms with E-state index in [0.29, 0.717) is 23.7 Å². The van der Waals surface area contributed by atoms with Gasteiger partial charge in [-0.05, 0) is 30.2 Å². The van der Waals surface area contributed by atoms with E-state index in [2.05, 4.69) is 5.32 Å². The molecule has 0 aliphatic rings. The maximum Gasteiger partial charge on any atom is 0.243 e. The molecule has 0 heterocycles. The van der Waals surface area contributed by atoms with Crippen molar-refractivity contribution in [3.8, 4) is 6.07 Å². The van der Waals surface area contributed by atoms with E-state index >= 15 is 0 Å². The predicted molar refractivity (Wildman–Crippen MR) is 76.9 cm³/mol. The van der Waals surface area contributed by atoms with Gasteiger partial charge in [0, 0.05) is 19.2 Å². The third-order valence-electron chi connectivity index (χ3n) is 2.66. The lowest BCUT2D eigenvalue weighted by Crippen LogP contribution is -2.38. The van der Waals surface area contributed by atoms with Crippen LogP contribution in [0.2, 0.25) is 0 Å². The summed E-state index contributed by atoms with van der Waals surface area (Å²) in [7, 11) is 0. The summed E-state index contributed by atoms with van der Waals surface area (Å²) in [5, 5.41) is 11.4. The van der Waals surface area contributed by atoms with Crippen LogP contribution in [0.1, 0.15) is 26.3 Å². The Balaban J connectivity index is 2.61. The monoisotopic (exact) mass is 273 g/mol. The van der Waals surface area contributed by atoms with Crippen LogP contribution in [0.5, 0.6) is 0 Å². The van der Waals surface area contributed by atoms with Gasteiger partial charge in [-0.1, -0.05) is 13.8 Å². The van der Waals surface area contributed by atoms with E-state index < -0.39 is 0 Å². The van der Waals surface area contributed by atoms with E-state index in [0.717, 1.165) is 0 Å². The number of hydrogen-bond acceptors (Lipinski definition) is 3. The number of nitrogens with one attached hydrogen (secondary N) is 1. The molecule has 0 atom stereocenters. The Labute approximate surface area is 119 Å². The van der Waals surface area contributed by atoms with Crippen molar-refractivity contribution in [2.45, 2.75) is 20.8 Å². The molecule has 0 unspecified atom stereocenters. The maximum absolute atomic E-state index is 11.9. The molecule has 0 spiro atoms. The second-order valence-corrected chi connectivity index (χ2v) is 5.03.